The van der Waals surface area contributed by atoms with Crippen LogP contribution < -0.4 is 0 Å². The van der Waals surface area contributed by atoms with E-state index < -0.39 is 0 Å². The number of benzene rings is 1. The normalized spacial score (nSPS) is 8.50. The zero-order chi connectivity index (χ0) is 10.4. The summed E-state index contributed by atoms with van der Waals surface area (Å²) in [5, 5.41) is 8.75. The summed E-state index contributed by atoms with van der Waals surface area (Å²) < 4.78 is 0. The van der Waals surface area contributed by atoms with E-state index in [9.17, 15) is 0 Å². The van der Waals surface area contributed by atoms with Crippen LogP contribution in [-0.2, 0) is 6.42 Å². The molecule has 1 aromatic rings. The topological polar surface area (TPSA) is 23.8 Å². The van der Waals surface area contributed by atoms with Crippen LogP contribution >= 0.6 is 0 Å². The first-order valence-corrected chi connectivity index (χ1v) is 4.32. The molecule has 0 saturated carbocycles. The Morgan fingerprint density at radius 1 is 1.36 bits per heavy atom. The van der Waals surface area contributed by atoms with Crippen molar-refractivity contribution in [2.45, 2.75) is 6.42 Å². The van der Waals surface area contributed by atoms with Crippen LogP contribution in [0.3, 0.4) is 0 Å². The molecule has 0 amide bonds. The van der Waals surface area contributed by atoms with E-state index >= 15 is 0 Å². The van der Waals surface area contributed by atoms with Gasteiger partial charge in [0.2, 0.25) is 0 Å². The zero-order valence-corrected chi connectivity index (χ0v) is 7.96. The Bertz CT molecular complexity index is 412. The van der Waals surface area contributed by atoms with Gasteiger partial charge in [-0.3, -0.25) is 0 Å². The molecule has 0 atom stereocenters. The number of rotatable bonds is 3. The summed E-state index contributed by atoms with van der Waals surface area (Å²) >= 11 is 0. The van der Waals surface area contributed by atoms with Gasteiger partial charge in [-0.2, -0.15) is 5.26 Å². The van der Waals surface area contributed by atoms with Gasteiger partial charge in [0.25, 0.3) is 0 Å². The zero-order valence-electron chi connectivity index (χ0n) is 7.96. The fourth-order valence-electron chi connectivity index (χ4n) is 1.18. The van der Waals surface area contributed by atoms with Crippen molar-refractivity contribution in [1.29, 1.82) is 5.26 Å². The van der Waals surface area contributed by atoms with Crippen LogP contribution in [-0.4, -0.2) is 0 Å². The van der Waals surface area contributed by atoms with Crippen molar-refractivity contribution in [3.63, 3.8) is 0 Å². The highest BCUT2D eigenvalue weighted by atomic mass is 14.2. The van der Waals surface area contributed by atoms with Crippen LogP contribution in [0.1, 0.15) is 11.1 Å². The Labute approximate surface area is 84.3 Å². The first-order valence-electron chi connectivity index (χ1n) is 4.32. The van der Waals surface area contributed by atoms with Crippen molar-refractivity contribution < 1.29 is 0 Å². The summed E-state index contributed by atoms with van der Waals surface area (Å²) in [4.78, 5) is 0. The second-order valence-corrected chi connectivity index (χ2v) is 2.85. The third-order valence-electron chi connectivity index (χ3n) is 1.91. The summed E-state index contributed by atoms with van der Waals surface area (Å²) in [6.45, 7) is 7.13. The molecular formula is C13H11N. The van der Waals surface area contributed by atoms with E-state index in [1.54, 1.807) is 0 Å². The Morgan fingerprint density at radius 2 is 2.00 bits per heavy atom. The van der Waals surface area contributed by atoms with Gasteiger partial charge in [-0.05, 0) is 12.0 Å². The van der Waals surface area contributed by atoms with Gasteiger partial charge >= 0.3 is 0 Å². The maximum atomic E-state index is 8.75. The smallest absolute Gasteiger partial charge is 0.108 e. The van der Waals surface area contributed by atoms with Gasteiger partial charge in [0.05, 0.1) is 0 Å². The van der Waals surface area contributed by atoms with Crippen LogP contribution in [0.5, 0.6) is 0 Å². The minimum Gasteiger partial charge on any atom is -0.192 e. The summed E-state index contributed by atoms with van der Waals surface area (Å²) in [7, 11) is 0. The van der Waals surface area contributed by atoms with Gasteiger partial charge < -0.3 is 0 Å². The van der Waals surface area contributed by atoms with Gasteiger partial charge in [0.15, 0.2) is 0 Å². The summed E-state index contributed by atoms with van der Waals surface area (Å²) in [5.41, 5.74) is 5.13. The predicted molar refractivity (Wildman–Crippen MR) is 58.5 cm³/mol. The molecular weight excluding hydrogens is 170 g/mol. The van der Waals surface area contributed by atoms with Crippen LogP contribution in [0.15, 0.2) is 49.2 Å². The molecule has 14 heavy (non-hydrogen) atoms. The van der Waals surface area contributed by atoms with Crippen LogP contribution in [0.4, 0.5) is 0 Å². The largest absolute Gasteiger partial charge is 0.192 e. The number of hydrogen-bond acceptors (Lipinski definition) is 1. The quantitative estimate of drug-likeness (QED) is 0.399. The highest BCUT2D eigenvalue weighted by molar-refractivity contribution is 5.75. The Kier molecular flexibility index (Phi) is 3.49. The number of nitriles is 1. The molecule has 0 aliphatic rings. The fraction of sp³-hybridized carbons (Fsp3) is 0.0769. The molecule has 1 rings (SSSR count). The van der Waals surface area contributed by atoms with Crippen molar-refractivity contribution in [1.82, 2.24) is 0 Å². The molecule has 0 heterocycles. The van der Waals surface area contributed by atoms with Gasteiger partial charge in [0.1, 0.15) is 11.6 Å². The number of nitrogens with zero attached hydrogens (tertiary/aromatic N) is 1. The van der Waals surface area contributed by atoms with E-state index in [0.29, 0.717) is 5.57 Å². The minimum atomic E-state index is 0.482. The van der Waals surface area contributed by atoms with E-state index in [1.807, 2.05) is 36.4 Å². The summed E-state index contributed by atoms with van der Waals surface area (Å²) in [6, 6.07) is 9.79. The van der Waals surface area contributed by atoms with E-state index in [2.05, 4.69) is 18.9 Å². The maximum absolute atomic E-state index is 8.75. The highest BCUT2D eigenvalue weighted by Crippen LogP contribution is 2.13. The third-order valence-corrected chi connectivity index (χ3v) is 1.91. The molecule has 68 valence electrons. The first kappa shape index (κ1) is 10.1. The SMILES string of the molecule is C=C=C(C#N)c1ccc(CC=C)cc1. The summed E-state index contributed by atoms with van der Waals surface area (Å²) in [6.07, 6.45) is 2.70. The summed E-state index contributed by atoms with van der Waals surface area (Å²) in [5.74, 6) is 0. The Hall–Kier alpha value is -2.03. The van der Waals surface area contributed by atoms with Gasteiger partial charge in [0, 0.05) is 5.56 Å². The van der Waals surface area contributed by atoms with Crippen LogP contribution in [0, 0.1) is 11.3 Å². The average Bonchev–Trinajstić information content (AvgIpc) is 2.23. The van der Waals surface area contributed by atoms with E-state index in [0.717, 1.165) is 12.0 Å². The molecule has 0 fully saturated rings. The Balaban J connectivity index is 3.00. The van der Waals surface area contributed by atoms with Gasteiger partial charge in [-0.1, -0.05) is 36.9 Å². The van der Waals surface area contributed by atoms with Crippen molar-refractivity contribution in [3.05, 3.63) is 60.4 Å². The van der Waals surface area contributed by atoms with Crippen LogP contribution in [0.2, 0.25) is 0 Å². The molecule has 1 heteroatoms. The molecule has 0 N–H and O–H groups in total. The molecule has 1 nitrogen and oxygen atoms in total. The average molecular weight is 181 g/mol. The molecule has 0 spiro atoms. The van der Waals surface area contributed by atoms with Crippen LogP contribution in [0.25, 0.3) is 5.57 Å². The molecule has 0 aromatic heterocycles. The Morgan fingerprint density at radius 3 is 2.43 bits per heavy atom. The van der Waals surface area contributed by atoms with Crippen molar-refractivity contribution >= 4 is 5.57 Å². The molecule has 0 bridgehead atoms. The predicted octanol–water partition coefficient (Wildman–Crippen LogP) is 3.11. The van der Waals surface area contributed by atoms with Crippen molar-refractivity contribution in [2.24, 2.45) is 0 Å². The molecule has 0 unspecified atom stereocenters. The lowest BCUT2D eigenvalue weighted by atomic mass is 10.0. The van der Waals surface area contributed by atoms with Crippen molar-refractivity contribution in [3.8, 4) is 6.07 Å². The van der Waals surface area contributed by atoms with Crippen molar-refractivity contribution in [2.75, 3.05) is 0 Å². The second kappa shape index (κ2) is 4.87. The third kappa shape index (κ3) is 2.23. The van der Waals surface area contributed by atoms with Gasteiger partial charge in [-0.15, -0.1) is 12.3 Å². The standard InChI is InChI=1S/C13H11N/c1-3-5-11-6-8-13(9-7-11)12(4-2)10-14/h3,6-9H,1-2,5H2. The monoisotopic (exact) mass is 181 g/mol. The second-order valence-electron chi connectivity index (χ2n) is 2.85. The van der Waals surface area contributed by atoms with E-state index in [-0.39, 0.29) is 0 Å². The molecule has 0 radical (unpaired) electrons. The lowest BCUT2D eigenvalue weighted by Crippen LogP contribution is -1.83. The highest BCUT2D eigenvalue weighted by Gasteiger charge is 1.98. The molecule has 1 aromatic carbocycles. The lowest BCUT2D eigenvalue weighted by Gasteiger charge is -1.98. The maximum Gasteiger partial charge on any atom is 0.108 e. The van der Waals surface area contributed by atoms with E-state index in [1.165, 1.54) is 5.56 Å². The molecule has 0 aliphatic carbocycles. The fourth-order valence-corrected chi connectivity index (χ4v) is 1.18. The minimum absolute atomic E-state index is 0.482. The van der Waals surface area contributed by atoms with E-state index in [4.69, 9.17) is 5.26 Å². The number of allylic oxidation sites excluding steroid dienone is 2. The van der Waals surface area contributed by atoms with Gasteiger partial charge in [-0.25, -0.2) is 0 Å². The molecule has 0 saturated heterocycles. The lowest BCUT2D eigenvalue weighted by molar-refractivity contribution is 1.27. The first-order chi connectivity index (χ1) is 6.81. The molecule has 0 aliphatic heterocycles. The number of hydrogen-bond donors (Lipinski definition) is 0.